The third-order valence-electron chi connectivity index (χ3n) is 2.64. The lowest BCUT2D eigenvalue weighted by Crippen LogP contribution is -2.21. The van der Waals surface area contributed by atoms with Crippen LogP contribution in [-0.4, -0.2) is 31.3 Å². The van der Waals surface area contributed by atoms with Crippen LogP contribution in [0.3, 0.4) is 0 Å². The van der Waals surface area contributed by atoms with Crippen LogP contribution in [-0.2, 0) is 9.47 Å². The Morgan fingerprint density at radius 1 is 1.45 bits per heavy atom. The first-order chi connectivity index (χ1) is 5.35. The summed E-state index contributed by atoms with van der Waals surface area (Å²) in [6.07, 6.45) is 2.80. The second kappa shape index (κ2) is 3.04. The third-order valence-corrected chi connectivity index (χ3v) is 3.37. The summed E-state index contributed by atoms with van der Waals surface area (Å²) < 4.78 is 11.0. The summed E-state index contributed by atoms with van der Waals surface area (Å²) in [5.74, 6) is 0. The molecule has 2 aliphatic heterocycles. The maximum absolute atomic E-state index is 5.61. The molecule has 0 aromatic heterocycles. The molecule has 0 amide bonds. The monoisotopic (exact) mass is 220 g/mol. The predicted molar refractivity (Wildman–Crippen MR) is 46.0 cm³/mol. The normalized spacial score (nSPS) is 43.9. The van der Waals surface area contributed by atoms with Crippen molar-refractivity contribution in [1.29, 1.82) is 0 Å². The van der Waals surface area contributed by atoms with Gasteiger partial charge >= 0.3 is 0 Å². The van der Waals surface area contributed by atoms with Gasteiger partial charge in [-0.15, -0.1) is 0 Å². The molecule has 0 aromatic rings. The van der Waals surface area contributed by atoms with Crippen molar-refractivity contribution in [3.63, 3.8) is 0 Å². The Morgan fingerprint density at radius 3 is 2.91 bits per heavy atom. The van der Waals surface area contributed by atoms with Crippen molar-refractivity contribution >= 4 is 15.9 Å². The molecule has 0 N–H and O–H groups in total. The van der Waals surface area contributed by atoms with Crippen LogP contribution in [0.2, 0.25) is 0 Å². The van der Waals surface area contributed by atoms with Crippen molar-refractivity contribution in [3.8, 4) is 0 Å². The van der Waals surface area contributed by atoms with E-state index in [0.29, 0.717) is 11.5 Å². The van der Waals surface area contributed by atoms with Gasteiger partial charge in [0.2, 0.25) is 0 Å². The number of hydrogen-bond acceptors (Lipinski definition) is 2. The summed E-state index contributed by atoms with van der Waals surface area (Å²) in [6, 6.07) is 0. The Balaban J connectivity index is 1.96. The Hall–Kier alpha value is 0.400. The van der Waals surface area contributed by atoms with Gasteiger partial charge < -0.3 is 9.47 Å². The highest BCUT2D eigenvalue weighted by atomic mass is 79.9. The molecule has 2 aliphatic rings. The second-order valence-corrected chi connectivity index (χ2v) is 4.24. The van der Waals surface area contributed by atoms with Crippen molar-refractivity contribution in [1.82, 2.24) is 0 Å². The highest BCUT2D eigenvalue weighted by molar-refractivity contribution is 9.09. The zero-order valence-electron chi connectivity index (χ0n) is 6.51. The first-order valence-corrected chi connectivity index (χ1v) is 5.22. The number of hydrogen-bond donors (Lipinski definition) is 0. The zero-order chi connectivity index (χ0) is 7.73. The van der Waals surface area contributed by atoms with Gasteiger partial charge in [0.05, 0.1) is 19.3 Å². The Kier molecular flexibility index (Phi) is 2.21. The van der Waals surface area contributed by atoms with Crippen LogP contribution in [0.1, 0.15) is 12.8 Å². The zero-order valence-corrected chi connectivity index (χ0v) is 8.10. The molecule has 11 heavy (non-hydrogen) atoms. The first-order valence-electron chi connectivity index (χ1n) is 4.10. The smallest absolute Gasteiger partial charge is 0.0679 e. The lowest BCUT2D eigenvalue weighted by Gasteiger charge is -2.17. The summed E-state index contributed by atoms with van der Waals surface area (Å²) >= 11 is 3.44. The predicted octanol–water partition coefficient (Wildman–Crippen LogP) is 1.58. The molecule has 0 aliphatic carbocycles. The Labute approximate surface area is 75.4 Å². The number of rotatable bonds is 1. The minimum Gasteiger partial charge on any atom is -0.381 e. The van der Waals surface area contributed by atoms with Gasteiger partial charge in [-0.2, -0.15) is 0 Å². The summed E-state index contributed by atoms with van der Waals surface area (Å²) in [6.45, 7) is 2.75. The molecule has 0 radical (unpaired) electrons. The fraction of sp³-hybridized carbons (Fsp3) is 1.00. The number of halogens is 1. The van der Waals surface area contributed by atoms with E-state index in [1.165, 1.54) is 12.8 Å². The molecule has 2 nitrogen and oxygen atoms in total. The molecular formula is C8H13BrO2. The van der Waals surface area contributed by atoms with E-state index in [1.807, 2.05) is 0 Å². The van der Waals surface area contributed by atoms with Gasteiger partial charge in [0, 0.05) is 17.4 Å². The van der Waals surface area contributed by atoms with E-state index in [2.05, 4.69) is 15.9 Å². The average molecular weight is 221 g/mol. The van der Waals surface area contributed by atoms with E-state index in [0.717, 1.165) is 25.2 Å². The molecule has 3 heteroatoms. The molecule has 2 atom stereocenters. The van der Waals surface area contributed by atoms with Crippen LogP contribution >= 0.6 is 15.9 Å². The van der Waals surface area contributed by atoms with Crippen LogP contribution < -0.4 is 0 Å². The summed E-state index contributed by atoms with van der Waals surface area (Å²) in [7, 11) is 0. The molecule has 2 heterocycles. The van der Waals surface area contributed by atoms with Crippen LogP contribution in [0.4, 0.5) is 0 Å². The maximum atomic E-state index is 5.61. The van der Waals surface area contributed by atoms with Gasteiger partial charge in [-0.1, -0.05) is 15.9 Å². The van der Waals surface area contributed by atoms with Crippen LogP contribution in [0.15, 0.2) is 0 Å². The van der Waals surface area contributed by atoms with E-state index in [4.69, 9.17) is 9.47 Å². The quantitative estimate of drug-likeness (QED) is 0.626. The molecular weight excluding hydrogens is 208 g/mol. The van der Waals surface area contributed by atoms with Crippen LogP contribution in [0, 0.1) is 5.41 Å². The lowest BCUT2D eigenvalue weighted by atomic mass is 9.85. The Morgan fingerprint density at radius 2 is 2.36 bits per heavy atom. The van der Waals surface area contributed by atoms with E-state index in [-0.39, 0.29) is 0 Å². The van der Waals surface area contributed by atoms with Crippen LogP contribution in [0.5, 0.6) is 0 Å². The van der Waals surface area contributed by atoms with Gasteiger partial charge in [0.1, 0.15) is 0 Å². The fourth-order valence-corrected chi connectivity index (χ4v) is 2.33. The van der Waals surface area contributed by atoms with E-state index < -0.39 is 0 Å². The van der Waals surface area contributed by atoms with Crippen molar-refractivity contribution < 1.29 is 9.47 Å². The van der Waals surface area contributed by atoms with Gasteiger partial charge in [0.15, 0.2) is 0 Å². The molecule has 2 rings (SSSR count). The highest BCUT2D eigenvalue weighted by Crippen LogP contribution is 2.40. The van der Waals surface area contributed by atoms with Crippen molar-refractivity contribution in [2.24, 2.45) is 5.41 Å². The molecule has 2 saturated heterocycles. The first kappa shape index (κ1) is 8.02. The molecule has 0 unspecified atom stereocenters. The standard InChI is InChI=1S/C8H13BrO2/c9-4-7-3-8(6-11-7)1-2-10-5-8/h7H,1-6H2/t7-,8-/m1/s1. The van der Waals surface area contributed by atoms with E-state index in [9.17, 15) is 0 Å². The molecule has 0 bridgehead atoms. The second-order valence-electron chi connectivity index (χ2n) is 3.59. The van der Waals surface area contributed by atoms with Gasteiger partial charge in [-0.3, -0.25) is 0 Å². The number of alkyl halides is 1. The van der Waals surface area contributed by atoms with E-state index >= 15 is 0 Å². The third kappa shape index (κ3) is 1.46. The van der Waals surface area contributed by atoms with Crippen molar-refractivity contribution in [2.75, 3.05) is 25.2 Å². The maximum Gasteiger partial charge on any atom is 0.0679 e. The topological polar surface area (TPSA) is 18.5 Å². The molecule has 0 aromatic carbocycles. The summed E-state index contributed by atoms with van der Waals surface area (Å²) in [5, 5.41) is 0.967. The lowest BCUT2D eigenvalue weighted by molar-refractivity contribution is 0.0987. The Bertz CT molecular complexity index is 143. The molecule has 64 valence electrons. The van der Waals surface area contributed by atoms with Crippen molar-refractivity contribution in [3.05, 3.63) is 0 Å². The molecule has 0 saturated carbocycles. The fourth-order valence-electron chi connectivity index (χ4n) is 1.92. The SMILES string of the molecule is BrC[C@H]1C[C@@]2(CCOC2)CO1. The van der Waals surface area contributed by atoms with E-state index in [1.54, 1.807) is 0 Å². The van der Waals surface area contributed by atoms with Crippen molar-refractivity contribution in [2.45, 2.75) is 18.9 Å². The highest BCUT2D eigenvalue weighted by Gasteiger charge is 2.42. The summed E-state index contributed by atoms with van der Waals surface area (Å²) in [5.41, 5.74) is 0.387. The minimum absolute atomic E-state index is 0.387. The van der Waals surface area contributed by atoms with Gasteiger partial charge in [-0.25, -0.2) is 0 Å². The number of ether oxygens (including phenoxy) is 2. The summed E-state index contributed by atoms with van der Waals surface area (Å²) in [4.78, 5) is 0. The molecule has 1 spiro atoms. The van der Waals surface area contributed by atoms with Crippen LogP contribution in [0.25, 0.3) is 0 Å². The molecule has 2 fully saturated rings. The largest absolute Gasteiger partial charge is 0.381 e. The minimum atomic E-state index is 0.387. The average Bonchev–Trinajstić information content (AvgIpc) is 2.62. The van der Waals surface area contributed by atoms with Gasteiger partial charge in [0.25, 0.3) is 0 Å². The van der Waals surface area contributed by atoms with Gasteiger partial charge in [-0.05, 0) is 12.8 Å².